The summed E-state index contributed by atoms with van der Waals surface area (Å²) < 4.78 is 44.4. The van der Waals surface area contributed by atoms with Gasteiger partial charge >= 0.3 is 12.1 Å². The first-order chi connectivity index (χ1) is 19.1. The van der Waals surface area contributed by atoms with Crippen molar-refractivity contribution >= 4 is 28.6 Å². The molecule has 2 N–H and O–H groups in total. The summed E-state index contributed by atoms with van der Waals surface area (Å²) in [6.45, 7) is 2.29. The minimum Gasteiger partial charge on any atom is -0.497 e. The summed E-state index contributed by atoms with van der Waals surface area (Å²) in [7, 11) is 1.60. The van der Waals surface area contributed by atoms with Crippen LogP contribution in [0.1, 0.15) is 49.3 Å². The molecule has 6 nitrogen and oxygen atoms in total. The third-order valence-electron chi connectivity index (χ3n) is 7.69. The van der Waals surface area contributed by atoms with Gasteiger partial charge in [0.15, 0.2) is 0 Å². The Morgan fingerprint density at radius 3 is 2.75 bits per heavy atom. The van der Waals surface area contributed by atoms with E-state index in [1.54, 1.807) is 19.4 Å². The summed E-state index contributed by atoms with van der Waals surface area (Å²) in [6, 6.07) is 12.8. The molecule has 40 heavy (non-hydrogen) atoms. The molecule has 0 saturated carbocycles. The Bertz CT molecular complexity index is 1290. The number of hydrogen-bond donors (Lipinski definition) is 2. The molecule has 0 spiro atoms. The molecule has 1 saturated heterocycles. The van der Waals surface area contributed by atoms with Crippen molar-refractivity contribution in [3.8, 4) is 5.75 Å². The van der Waals surface area contributed by atoms with Gasteiger partial charge in [-0.15, -0.1) is 11.8 Å². The predicted molar refractivity (Wildman–Crippen MR) is 150 cm³/mol. The summed E-state index contributed by atoms with van der Waals surface area (Å²) in [5.41, 5.74) is 0.941. The molecule has 1 aromatic heterocycles. The highest BCUT2D eigenvalue weighted by Gasteiger charge is 2.31. The number of piperidine rings is 1. The van der Waals surface area contributed by atoms with E-state index in [9.17, 15) is 28.2 Å². The topological polar surface area (TPSA) is 82.9 Å². The second kappa shape index (κ2) is 13.7. The van der Waals surface area contributed by atoms with E-state index in [4.69, 9.17) is 4.74 Å². The molecule has 0 amide bonds. The number of pyridine rings is 1. The number of aromatic nitrogens is 1. The van der Waals surface area contributed by atoms with Crippen molar-refractivity contribution in [2.24, 2.45) is 11.8 Å². The molecule has 0 bridgehead atoms. The number of aliphatic carboxylic acids is 1. The van der Waals surface area contributed by atoms with E-state index in [2.05, 4.69) is 9.88 Å². The number of hydrogen-bond acceptors (Lipinski definition) is 6. The van der Waals surface area contributed by atoms with Gasteiger partial charge in [-0.3, -0.25) is 9.78 Å². The highest BCUT2D eigenvalue weighted by molar-refractivity contribution is 7.99. The molecule has 10 heteroatoms. The van der Waals surface area contributed by atoms with Crippen molar-refractivity contribution in [1.29, 1.82) is 0 Å². The van der Waals surface area contributed by atoms with Crippen LogP contribution in [-0.2, 0) is 11.0 Å². The van der Waals surface area contributed by atoms with E-state index in [1.807, 2.05) is 24.3 Å². The van der Waals surface area contributed by atoms with Crippen LogP contribution >= 0.6 is 11.8 Å². The molecule has 216 valence electrons. The summed E-state index contributed by atoms with van der Waals surface area (Å²) in [5.74, 6) is 0.970. The number of likely N-dealkylation sites (tertiary alicyclic amines) is 1. The Hall–Kier alpha value is -2.82. The standard InChI is InChI=1S/C30H35F3N2O4S/c1-39-23-7-8-27-26(18-23)25(11-13-34-27)28(36)9-5-20-12-14-35(19-21(20)6-10-29(37)38)15-16-40-24-4-2-3-22(17-24)30(31,32)33/h2-4,7-8,11,13,17-18,20-21,28,36H,5-6,9-10,12,14-16,19H2,1H3,(H,37,38)/t20-,21-,28-/m1/s1. The first kappa shape index (κ1) is 30.1. The molecule has 0 aliphatic carbocycles. The summed E-state index contributed by atoms with van der Waals surface area (Å²) in [6.07, 6.45) is -0.494. The molecular formula is C30H35F3N2O4S. The minimum atomic E-state index is -4.36. The number of rotatable bonds is 12. The van der Waals surface area contributed by atoms with Crippen LogP contribution < -0.4 is 4.74 Å². The average molecular weight is 577 g/mol. The maximum Gasteiger partial charge on any atom is 0.416 e. The van der Waals surface area contributed by atoms with E-state index in [0.717, 1.165) is 48.5 Å². The number of halogens is 3. The van der Waals surface area contributed by atoms with Crippen LogP contribution in [0.15, 0.2) is 59.6 Å². The Balaban J connectivity index is 1.34. The number of ether oxygens (including phenoxy) is 1. The van der Waals surface area contributed by atoms with Crippen LogP contribution in [0.25, 0.3) is 10.9 Å². The van der Waals surface area contributed by atoms with Crippen LogP contribution in [0.4, 0.5) is 13.2 Å². The highest BCUT2D eigenvalue weighted by Crippen LogP contribution is 2.36. The quantitative estimate of drug-likeness (QED) is 0.233. The van der Waals surface area contributed by atoms with Crippen LogP contribution in [0.5, 0.6) is 5.75 Å². The largest absolute Gasteiger partial charge is 0.497 e. The van der Waals surface area contributed by atoms with Gasteiger partial charge in [0.25, 0.3) is 0 Å². The van der Waals surface area contributed by atoms with Crippen molar-refractivity contribution in [1.82, 2.24) is 9.88 Å². The Labute approximate surface area is 236 Å². The van der Waals surface area contributed by atoms with Crippen molar-refractivity contribution < 1.29 is 32.9 Å². The Kier molecular flexibility index (Phi) is 10.3. The Morgan fingerprint density at radius 2 is 2.00 bits per heavy atom. The molecule has 0 radical (unpaired) electrons. The number of benzene rings is 2. The lowest BCUT2D eigenvalue weighted by atomic mass is 9.79. The number of aliphatic hydroxyl groups excluding tert-OH is 1. The van der Waals surface area contributed by atoms with Gasteiger partial charge in [-0.25, -0.2) is 0 Å². The molecule has 0 unspecified atom stereocenters. The molecular weight excluding hydrogens is 541 g/mol. The van der Waals surface area contributed by atoms with Crippen LogP contribution in [0.2, 0.25) is 0 Å². The highest BCUT2D eigenvalue weighted by atomic mass is 32.2. The number of carboxylic acids is 1. The number of carboxylic acid groups (broad SMARTS) is 1. The van der Waals surface area contributed by atoms with Gasteiger partial charge in [0.2, 0.25) is 0 Å². The molecule has 4 rings (SSSR count). The zero-order chi connectivity index (χ0) is 28.7. The molecule has 1 fully saturated rings. The monoisotopic (exact) mass is 576 g/mol. The second-order valence-corrected chi connectivity index (χ2v) is 11.5. The zero-order valence-corrected chi connectivity index (χ0v) is 23.3. The maximum absolute atomic E-state index is 13.0. The fraction of sp³-hybridized carbons (Fsp3) is 0.467. The summed E-state index contributed by atoms with van der Waals surface area (Å²) >= 11 is 1.40. The van der Waals surface area contributed by atoms with E-state index in [0.29, 0.717) is 35.8 Å². The van der Waals surface area contributed by atoms with Crippen LogP contribution in [0.3, 0.4) is 0 Å². The molecule has 1 aliphatic rings. The van der Waals surface area contributed by atoms with Gasteiger partial charge in [-0.1, -0.05) is 6.07 Å². The lowest BCUT2D eigenvalue weighted by Crippen LogP contribution is -2.41. The maximum atomic E-state index is 13.0. The number of thioether (sulfide) groups is 1. The number of aliphatic hydroxyl groups is 1. The van der Waals surface area contributed by atoms with Crippen molar-refractivity contribution in [2.45, 2.75) is 49.3 Å². The SMILES string of the molecule is COc1ccc2nccc([C@H](O)CC[C@@H]3CCN(CCSc4cccc(C(F)(F)F)c4)C[C@H]3CCC(=O)O)c2c1. The average Bonchev–Trinajstić information content (AvgIpc) is 2.94. The molecule has 2 aromatic carbocycles. The van der Waals surface area contributed by atoms with E-state index < -0.39 is 23.8 Å². The summed E-state index contributed by atoms with van der Waals surface area (Å²) in [4.78, 5) is 18.6. The van der Waals surface area contributed by atoms with Crippen LogP contribution in [0, 0.1) is 11.8 Å². The number of alkyl halides is 3. The van der Waals surface area contributed by atoms with Gasteiger partial charge in [-0.05, 0) is 92.1 Å². The summed E-state index contributed by atoms with van der Waals surface area (Å²) in [5, 5.41) is 21.3. The fourth-order valence-corrected chi connectivity index (χ4v) is 6.49. The third kappa shape index (κ3) is 8.11. The van der Waals surface area contributed by atoms with Gasteiger partial charge in [0, 0.05) is 41.7 Å². The van der Waals surface area contributed by atoms with Crippen LogP contribution in [-0.4, -0.2) is 58.6 Å². The van der Waals surface area contributed by atoms with E-state index >= 15 is 0 Å². The molecule has 3 aromatic rings. The smallest absolute Gasteiger partial charge is 0.416 e. The molecule has 2 heterocycles. The van der Waals surface area contributed by atoms with Gasteiger partial charge in [0.1, 0.15) is 5.75 Å². The van der Waals surface area contributed by atoms with Gasteiger partial charge < -0.3 is 19.8 Å². The first-order valence-electron chi connectivity index (χ1n) is 13.5. The zero-order valence-electron chi connectivity index (χ0n) is 22.4. The van der Waals surface area contributed by atoms with Crippen molar-refractivity contribution in [2.75, 3.05) is 32.5 Å². The van der Waals surface area contributed by atoms with E-state index in [1.165, 1.54) is 23.9 Å². The first-order valence-corrected chi connectivity index (χ1v) is 14.5. The number of fused-ring (bicyclic) bond motifs is 1. The number of nitrogens with zero attached hydrogens (tertiary/aromatic N) is 2. The lowest BCUT2D eigenvalue weighted by Gasteiger charge is -2.39. The normalized spacial score (nSPS) is 19.0. The Morgan fingerprint density at radius 1 is 1.18 bits per heavy atom. The van der Waals surface area contributed by atoms with Gasteiger partial charge in [-0.2, -0.15) is 13.2 Å². The number of methoxy groups -OCH3 is 1. The molecule has 1 aliphatic heterocycles. The fourth-order valence-electron chi connectivity index (χ4n) is 5.52. The van der Waals surface area contributed by atoms with Crippen molar-refractivity contribution in [3.05, 3.63) is 65.9 Å². The second-order valence-electron chi connectivity index (χ2n) is 10.3. The lowest BCUT2D eigenvalue weighted by molar-refractivity contribution is -0.138. The predicted octanol–water partition coefficient (Wildman–Crippen LogP) is 6.67. The third-order valence-corrected chi connectivity index (χ3v) is 8.67. The minimum absolute atomic E-state index is 0.0886. The van der Waals surface area contributed by atoms with Gasteiger partial charge in [0.05, 0.1) is 24.3 Å². The van der Waals surface area contributed by atoms with E-state index in [-0.39, 0.29) is 18.3 Å². The van der Waals surface area contributed by atoms with Crippen molar-refractivity contribution in [3.63, 3.8) is 0 Å². The number of carbonyl (C=O) groups is 1. The molecule has 3 atom stereocenters.